The van der Waals surface area contributed by atoms with Crippen LogP contribution in [0.5, 0.6) is 0 Å². The van der Waals surface area contributed by atoms with E-state index in [1.807, 2.05) is 27.7 Å². The van der Waals surface area contributed by atoms with Crippen LogP contribution in [0, 0.1) is 17.8 Å². The number of carboxylic acids is 1. The van der Waals surface area contributed by atoms with E-state index in [4.69, 9.17) is 11.5 Å². The largest absolute Gasteiger partial charge is 0.480 e. The molecule has 8 N–H and O–H groups in total. The normalized spacial score (nSPS) is 15.1. The van der Waals surface area contributed by atoms with Gasteiger partial charge in [-0.3, -0.25) is 19.2 Å². The van der Waals surface area contributed by atoms with Crippen LogP contribution in [0.3, 0.4) is 0 Å². The van der Waals surface area contributed by atoms with Gasteiger partial charge in [0, 0.05) is 0 Å². The second kappa shape index (κ2) is 13.7. The summed E-state index contributed by atoms with van der Waals surface area (Å²) in [6.07, 6.45) is -0.0469. The van der Waals surface area contributed by atoms with Crippen LogP contribution in [0.4, 0.5) is 0 Å². The van der Waals surface area contributed by atoms with Crippen molar-refractivity contribution in [3.63, 3.8) is 0 Å². The summed E-state index contributed by atoms with van der Waals surface area (Å²) in [6, 6.07) is -4.29. The number of carbonyl (C=O) groups excluding carboxylic acids is 4. The van der Waals surface area contributed by atoms with Crippen molar-refractivity contribution in [3.8, 4) is 0 Å². The van der Waals surface area contributed by atoms with Crippen molar-refractivity contribution in [2.45, 2.75) is 85.0 Å². The number of primary amides is 1. The highest BCUT2D eigenvalue weighted by atomic mass is 16.4. The summed E-state index contributed by atoms with van der Waals surface area (Å²) >= 11 is 0. The van der Waals surface area contributed by atoms with E-state index < -0.39 is 60.2 Å². The van der Waals surface area contributed by atoms with Crippen LogP contribution < -0.4 is 27.4 Å². The zero-order valence-corrected chi connectivity index (χ0v) is 19.8. The Morgan fingerprint density at radius 3 is 1.41 bits per heavy atom. The molecule has 0 aromatic rings. The molecule has 0 aromatic heterocycles. The Kier molecular flexibility index (Phi) is 12.5. The number of amides is 4. The van der Waals surface area contributed by atoms with Gasteiger partial charge in [-0.05, 0) is 30.6 Å². The molecule has 4 unspecified atom stereocenters. The van der Waals surface area contributed by atoms with Gasteiger partial charge in [-0.25, -0.2) is 4.79 Å². The average Bonchev–Trinajstić information content (AvgIpc) is 2.64. The van der Waals surface area contributed by atoms with Gasteiger partial charge >= 0.3 is 5.97 Å². The zero-order chi connectivity index (χ0) is 25.2. The Bertz CT molecular complexity index is 680. The molecule has 0 aliphatic heterocycles. The van der Waals surface area contributed by atoms with Crippen molar-refractivity contribution in [1.29, 1.82) is 0 Å². The molecule has 0 aliphatic carbocycles. The molecule has 184 valence electrons. The second-order valence-electron chi connectivity index (χ2n) is 9.22. The topological polar surface area (TPSA) is 194 Å². The molecule has 0 saturated heterocycles. The number of nitrogens with two attached hydrogens (primary N) is 2. The minimum absolute atomic E-state index is 0.0158. The summed E-state index contributed by atoms with van der Waals surface area (Å²) in [7, 11) is 0. The summed E-state index contributed by atoms with van der Waals surface area (Å²) in [5, 5.41) is 16.7. The molecule has 0 aromatic carbocycles. The lowest BCUT2D eigenvalue weighted by molar-refractivity contribution is -0.144. The Hall–Kier alpha value is -2.69. The van der Waals surface area contributed by atoms with E-state index in [2.05, 4.69) is 16.0 Å². The van der Waals surface area contributed by atoms with Gasteiger partial charge in [0.2, 0.25) is 23.6 Å². The van der Waals surface area contributed by atoms with E-state index in [0.717, 1.165) is 0 Å². The Morgan fingerprint density at radius 1 is 0.719 bits per heavy atom. The molecule has 0 saturated carbocycles. The zero-order valence-electron chi connectivity index (χ0n) is 19.8. The number of hydrogen-bond acceptors (Lipinski definition) is 6. The summed E-state index contributed by atoms with van der Waals surface area (Å²) in [5.74, 6) is -4.19. The standard InChI is InChI=1S/C21H39N5O6/c1-10(2)7-13(19(29)26-15(21(31)32)9-16(22)27)24-18(28)14(8-11(3)4)25-20(30)17(23)12(5)6/h10-15,17H,7-9,23H2,1-6H3,(H2,22,27)(H,24,28)(H,25,30)(H,26,29)(H,31,32). The molecule has 0 rings (SSSR count). The quantitative estimate of drug-likeness (QED) is 0.202. The molecule has 11 heteroatoms. The molecule has 0 aliphatic rings. The van der Waals surface area contributed by atoms with Crippen LogP contribution in [0.25, 0.3) is 0 Å². The van der Waals surface area contributed by atoms with Crippen LogP contribution >= 0.6 is 0 Å². The van der Waals surface area contributed by atoms with Crippen molar-refractivity contribution in [2.75, 3.05) is 0 Å². The maximum Gasteiger partial charge on any atom is 0.326 e. The fourth-order valence-electron chi connectivity index (χ4n) is 2.92. The lowest BCUT2D eigenvalue weighted by atomic mass is 9.98. The third-order valence-corrected chi connectivity index (χ3v) is 4.72. The minimum Gasteiger partial charge on any atom is -0.480 e. The van der Waals surface area contributed by atoms with Crippen molar-refractivity contribution in [3.05, 3.63) is 0 Å². The molecule has 0 fully saturated rings. The first-order chi connectivity index (χ1) is 14.6. The highest BCUT2D eigenvalue weighted by Crippen LogP contribution is 2.10. The van der Waals surface area contributed by atoms with E-state index in [1.165, 1.54) is 0 Å². The van der Waals surface area contributed by atoms with Gasteiger partial charge in [0.25, 0.3) is 0 Å². The van der Waals surface area contributed by atoms with Gasteiger partial charge in [-0.15, -0.1) is 0 Å². The molecular formula is C21H39N5O6. The molecule has 0 heterocycles. The highest BCUT2D eigenvalue weighted by molar-refractivity contribution is 5.94. The predicted molar refractivity (Wildman–Crippen MR) is 119 cm³/mol. The first kappa shape index (κ1) is 29.3. The molecule has 0 spiro atoms. The van der Waals surface area contributed by atoms with E-state index in [1.54, 1.807) is 13.8 Å². The van der Waals surface area contributed by atoms with Crippen molar-refractivity contribution < 1.29 is 29.1 Å². The summed E-state index contributed by atoms with van der Waals surface area (Å²) in [4.78, 5) is 60.5. The van der Waals surface area contributed by atoms with Crippen molar-refractivity contribution in [1.82, 2.24) is 16.0 Å². The van der Waals surface area contributed by atoms with Gasteiger partial charge in [0.15, 0.2) is 0 Å². The fraction of sp³-hybridized carbons (Fsp3) is 0.762. The van der Waals surface area contributed by atoms with Crippen LogP contribution in [0.15, 0.2) is 0 Å². The average molecular weight is 458 g/mol. The number of carboxylic acid groups (broad SMARTS) is 1. The van der Waals surface area contributed by atoms with Gasteiger partial charge in [-0.1, -0.05) is 41.5 Å². The molecular weight excluding hydrogens is 418 g/mol. The lowest BCUT2D eigenvalue weighted by Gasteiger charge is -2.27. The molecule has 11 nitrogen and oxygen atoms in total. The SMILES string of the molecule is CC(C)CC(NC(=O)C(CC(C)C)NC(=O)C(N)C(C)C)C(=O)NC(CC(N)=O)C(=O)O. The number of aliphatic carboxylic acids is 1. The smallest absolute Gasteiger partial charge is 0.326 e. The Morgan fingerprint density at radius 2 is 1.09 bits per heavy atom. The lowest BCUT2D eigenvalue weighted by Crippen LogP contribution is -2.58. The number of rotatable bonds is 14. The van der Waals surface area contributed by atoms with Gasteiger partial charge in [0.05, 0.1) is 12.5 Å². The van der Waals surface area contributed by atoms with Crippen molar-refractivity contribution in [2.24, 2.45) is 29.2 Å². The van der Waals surface area contributed by atoms with E-state index in [9.17, 15) is 29.1 Å². The van der Waals surface area contributed by atoms with Crippen LogP contribution in [-0.2, 0) is 24.0 Å². The first-order valence-corrected chi connectivity index (χ1v) is 10.8. The number of nitrogens with one attached hydrogen (secondary N) is 3. The van der Waals surface area contributed by atoms with Gasteiger partial charge < -0.3 is 32.5 Å². The predicted octanol–water partition coefficient (Wildman–Crippen LogP) is -0.524. The monoisotopic (exact) mass is 457 g/mol. The summed E-state index contributed by atoms with van der Waals surface area (Å²) < 4.78 is 0. The summed E-state index contributed by atoms with van der Waals surface area (Å²) in [6.45, 7) is 11.0. The van der Waals surface area contributed by atoms with Crippen molar-refractivity contribution >= 4 is 29.6 Å². The highest BCUT2D eigenvalue weighted by Gasteiger charge is 2.31. The third kappa shape index (κ3) is 11.1. The summed E-state index contributed by atoms with van der Waals surface area (Å²) in [5.41, 5.74) is 10.9. The molecule has 0 bridgehead atoms. The number of carbonyl (C=O) groups is 5. The van der Waals surface area contributed by atoms with E-state index in [-0.39, 0.29) is 24.2 Å². The van der Waals surface area contributed by atoms with Crippen LogP contribution in [0.2, 0.25) is 0 Å². The Balaban J connectivity index is 5.54. The maximum atomic E-state index is 13.0. The Labute approximate surface area is 189 Å². The molecule has 32 heavy (non-hydrogen) atoms. The van der Waals surface area contributed by atoms with Crippen LogP contribution in [0.1, 0.15) is 60.8 Å². The first-order valence-electron chi connectivity index (χ1n) is 10.8. The van der Waals surface area contributed by atoms with Gasteiger partial charge in [0.1, 0.15) is 18.1 Å². The number of hydrogen-bond donors (Lipinski definition) is 6. The third-order valence-electron chi connectivity index (χ3n) is 4.72. The fourth-order valence-corrected chi connectivity index (χ4v) is 2.92. The van der Waals surface area contributed by atoms with Crippen LogP contribution in [-0.4, -0.2) is 58.9 Å². The second-order valence-corrected chi connectivity index (χ2v) is 9.22. The van der Waals surface area contributed by atoms with E-state index >= 15 is 0 Å². The molecule has 4 amide bonds. The van der Waals surface area contributed by atoms with E-state index in [0.29, 0.717) is 6.42 Å². The minimum atomic E-state index is -1.51. The molecule has 4 atom stereocenters. The molecule has 0 radical (unpaired) electrons. The van der Waals surface area contributed by atoms with Gasteiger partial charge in [-0.2, -0.15) is 0 Å². The maximum absolute atomic E-state index is 13.0.